The Bertz CT molecular complexity index is 1470. The van der Waals surface area contributed by atoms with Crippen molar-refractivity contribution in [3.8, 4) is 11.3 Å². The fourth-order valence-electron chi connectivity index (χ4n) is 3.71. The van der Waals surface area contributed by atoms with Gasteiger partial charge >= 0.3 is 5.69 Å². The van der Waals surface area contributed by atoms with E-state index in [1.54, 1.807) is 16.9 Å². The van der Waals surface area contributed by atoms with Crippen molar-refractivity contribution < 1.29 is 4.79 Å². The zero-order valence-electron chi connectivity index (χ0n) is 17.1. The lowest BCUT2D eigenvalue weighted by atomic mass is 10.1. The van der Waals surface area contributed by atoms with Gasteiger partial charge in [0.1, 0.15) is 12.1 Å². The third-order valence-corrected chi connectivity index (χ3v) is 5.30. The molecule has 3 heterocycles. The van der Waals surface area contributed by atoms with Crippen LogP contribution in [0.2, 0.25) is 0 Å². The van der Waals surface area contributed by atoms with E-state index in [9.17, 15) is 9.59 Å². The van der Waals surface area contributed by atoms with E-state index in [1.807, 2.05) is 68.4 Å². The number of aromatic nitrogens is 5. The third kappa shape index (κ3) is 3.28. The normalized spacial score (nSPS) is 11.3. The Morgan fingerprint density at radius 2 is 1.71 bits per heavy atom. The summed E-state index contributed by atoms with van der Waals surface area (Å²) in [5, 5.41) is 11.9. The van der Waals surface area contributed by atoms with E-state index in [-0.39, 0.29) is 18.1 Å². The van der Waals surface area contributed by atoms with Crippen LogP contribution >= 0.6 is 0 Å². The quantitative estimate of drug-likeness (QED) is 0.492. The molecule has 3 aromatic heterocycles. The van der Waals surface area contributed by atoms with E-state index in [4.69, 9.17) is 0 Å². The van der Waals surface area contributed by atoms with E-state index in [2.05, 4.69) is 15.5 Å². The van der Waals surface area contributed by atoms with Crippen molar-refractivity contribution in [3.63, 3.8) is 0 Å². The summed E-state index contributed by atoms with van der Waals surface area (Å²) >= 11 is 0. The van der Waals surface area contributed by atoms with Gasteiger partial charge in [0.15, 0.2) is 5.65 Å². The molecule has 1 amide bonds. The van der Waals surface area contributed by atoms with E-state index in [0.29, 0.717) is 11.2 Å². The summed E-state index contributed by atoms with van der Waals surface area (Å²) in [6, 6.07) is 17.5. The highest BCUT2D eigenvalue weighted by atomic mass is 16.2. The molecule has 0 aliphatic rings. The first kappa shape index (κ1) is 18.8. The molecule has 8 nitrogen and oxygen atoms in total. The van der Waals surface area contributed by atoms with Crippen molar-refractivity contribution in [2.75, 3.05) is 5.32 Å². The van der Waals surface area contributed by atoms with E-state index in [1.165, 1.54) is 9.08 Å². The van der Waals surface area contributed by atoms with Crippen LogP contribution in [-0.4, -0.2) is 29.7 Å². The Kier molecular flexibility index (Phi) is 4.39. The molecule has 0 aliphatic heterocycles. The number of anilines is 1. The van der Waals surface area contributed by atoms with E-state index in [0.717, 1.165) is 28.1 Å². The van der Waals surface area contributed by atoms with Gasteiger partial charge in [-0.05, 0) is 31.0 Å². The Balaban J connectivity index is 1.51. The van der Waals surface area contributed by atoms with Crippen molar-refractivity contribution in [1.82, 2.24) is 23.8 Å². The van der Waals surface area contributed by atoms with Crippen LogP contribution in [0, 0.1) is 13.8 Å². The van der Waals surface area contributed by atoms with Gasteiger partial charge in [0.2, 0.25) is 5.91 Å². The molecule has 8 heteroatoms. The Hall–Kier alpha value is -4.20. The molecule has 5 aromatic rings. The smallest absolute Gasteiger partial charge is 0.324 e. The highest BCUT2D eigenvalue weighted by molar-refractivity contribution is 5.92. The fourth-order valence-corrected chi connectivity index (χ4v) is 3.71. The average molecular weight is 412 g/mol. The molecule has 2 aromatic carbocycles. The summed E-state index contributed by atoms with van der Waals surface area (Å²) < 4.78 is 4.29. The van der Waals surface area contributed by atoms with E-state index >= 15 is 0 Å². The van der Waals surface area contributed by atoms with Gasteiger partial charge in [-0.1, -0.05) is 48.5 Å². The van der Waals surface area contributed by atoms with Crippen molar-refractivity contribution in [2.24, 2.45) is 0 Å². The van der Waals surface area contributed by atoms with Gasteiger partial charge in [-0.3, -0.25) is 4.79 Å². The van der Waals surface area contributed by atoms with E-state index < -0.39 is 0 Å². The second kappa shape index (κ2) is 7.24. The maximum atomic E-state index is 12.8. The predicted molar refractivity (Wildman–Crippen MR) is 118 cm³/mol. The summed E-state index contributed by atoms with van der Waals surface area (Å²) in [7, 11) is 0. The highest BCUT2D eigenvalue weighted by Gasteiger charge is 2.16. The Labute approximate surface area is 177 Å². The molecule has 0 unspecified atom stereocenters. The summed E-state index contributed by atoms with van der Waals surface area (Å²) in [5.41, 5.74) is 5.19. The Morgan fingerprint density at radius 1 is 0.968 bits per heavy atom. The molecule has 0 fully saturated rings. The minimum absolute atomic E-state index is 0.180. The van der Waals surface area contributed by atoms with Crippen molar-refractivity contribution in [3.05, 3.63) is 88.6 Å². The average Bonchev–Trinajstić information content (AvgIpc) is 3.33. The largest absolute Gasteiger partial charge is 0.350 e. The lowest BCUT2D eigenvalue weighted by Crippen LogP contribution is -2.28. The molecule has 0 saturated carbocycles. The lowest BCUT2D eigenvalue weighted by molar-refractivity contribution is -0.117. The number of hydrogen-bond donors (Lipinski definition) is 1. The molecule has 0 spiro atoms. The second-order valence-corrected chi connectivity index (χ2v) is 7.47. The van der Waals surface area contributed by atoms with Crippen LogP contribution in [0.25, 0.3) is 22.4 Å². The molecule has 0 aliphatic carbocycles. The van der Waals surface area contributed by atoms with Crippen molar-refractivity contribution in [2.45, 2.75) is 20.4 Å². The van der Waals surface area contributed by atoms with Gasteiger partial charge in [-0.2, -0.15) is 5.10 Å². The number of amides is 1. The monoisotopic (exact) mass is 412 g/mol. The number of carbonyl (C=O) groups is 1. The zero-order chi connectivity index (χ0) is 21.5. The SMILES string of the molecule is Cc1cccc(C)c1NC(=O)Cn1nc2c3cc(-c4ccccc4)nn3ccn2c1=O. The topological polar surface area (TPSA) is 85.7 Å². The van der Waals surface area contributed by atoms with Crippen LogP contribution in [0.4, 0.5) is 5.69 Å². The molecule has 1 N–H and O–H groups in total. The molecular formula is C23H20N6O2. The summed E-state index contributed by atoms with van der Waals surface area (Å²) in [6.07, 6.45) is 3.32. The summed E-state index contributed by atoms with van der Waals surface area (Å²) in [5.74, 6) is -0.308. The number of nitrogens with one attached hydrogen (secondary N) is 1. The van der Waals surface area contributed by atoms with Gasteiger partial charge in [0, 0.05) is 23.6 Å². The summed E-state index contributed by atoms with van der Waals surface area (Å²) in [6.45, 7) is 3.68. The molecule has 0 saturated heterocycles. The minimum Gasteiger partial charge on any atom is -0.324 e. The van der Waals surface area contributed by atoms with Gasteiger partial charge in [-0.15, -0.1) is 5.10 Å². The van der Waals surface area contributed by atoms with Crippen molar-refractivity contribution >= 4 is 22.8 Å². The molecule has 154 valence electrons. The number of hydrogen-bond acceptors (Lipinski definition) is 4. The first-order chi connectivity index (χ1) is 15.0. The number of benzene rings is 2. The molecule has 0 bridgehead atoms. The predicted octanol–water partition coefficient (Wildman–Crippen LogP) is 3.07. The minimum atomic E-state index is -0.378. The standard InChI is InChI=1S/C23H20N6O2/c1-15-7-6-8-16(2)21(15)24-20(30)14-29-23(31)27-11-12-28-19(22(27)26-29)13-18(25-28)17-9-4-3-5-10-17/h3-13H,14H2,1-2H3,(H,24,30). The molecule has 0 atom stereocenters. The molecule has 5 rings (SSSR count). The number of rotatable bonds is 4. The van der Waals surface area contributed by atoms with Crippen LogP contribution in [-0.2, 0) is 11.3 Å². The Morgan fingerprint density at radius 3 is 2.45 bits per heavy atom. The second-order valence-electron chi connectivity index (χ2n) is 7.47. The highest BCUT2D eigenvalue weighted by Crippen LogP contribution is 2.21. The maximum Gasteiger partial charge on any atom is 0.350 e. The van der Waals surface area contributed by atoms with Gasteiger partial charge < -0.3 is 5.32 Å². The first-order valence-electron chi connectivity index (χ1n) is 9.90. The maximum absolute atomic E-state index is 12.8. The van der Waals surface area contributed by atoms with Crippen LogP contribution in [0.1, 0.15) is 11.1 Å². The van der Waals surface area contributed by atoms with Crippen molar-refractivity contribution in [1.29, 1.82) is 0 Å². The fraction of sp³-hybridized carbons (Fsp3) is 0.130. The van der Waals surface area contributed by atoms with Crippen LogP contribution in [0.15, 0.2) is 71.8 Å². The number of para-hydroxylation sites is 1. The third-order valence-electron chi connectivity index (χ3n) is 5.30. The van der Waals surface area contributed by atoms with Crippen LogP contribution < -0.4 is 11.0 Å². The zero-order valence-corrected chi connectivity index (χ0v) is 17.1. The number of aryl methyl sites for hydroxylation is 2. The lowest BCUT2D eigenvalue weighted by Gasteiger charge is -2.10. The van der Waals surface area contributed by atoms with Gasteiger partial charge in [0.05, 0.1) is 5.69 Å². The number of nitrogens with zero attached hydrogens (tertiary/aromatic N) is 5. The van der Waals surface area contributed by atoms with Gasteiger partial charge in [0.25, 0.3) is 0 Å². The van der Waals surface area contributed by atoms with Crippen LogP contribution in [0.5, 0.6) is 0 Å². The van der Waals surface area contributed by atoms with Crippen LogP contribution in [0.3, 0.4) is 0 Å². The summed E-state index contributed by atoms with van der Waals surface area (Å²) in [4.78, 5) is 25.5. The number of fused-ring (bicyclic) bond motifs is 3. The first-order valence-corrected chi connectivity index (χ1v) is 9.90. The molecular weight excluding hydrogens is 392 g/mol. The van der Waals surface area contributed by atoms with Gasteiger partial charge in [-0.25, -0.2) is 18.4 Å². The molecule has 31 heavy (non-hydrogen) atoms. The molecule has 0 radical (unpaired) electrons. The number of carbonyl (C=O) groups excluding carboxylic acids is 1.